The van der Waals surface area contributed by atoms with Crippen molar-refractivity contribution < 1.29 is 19.1 Å². The zero-order chi connectivity index (χ0) is 15.9. The number of hydrogen-bond acceptors (Lipinski definition) is 5. The molecule has 0 unspecified atom stereocenters. The van der Waals surface area contributed by atoms with E-state index in [1.165, 1.54) is 0 Å². The first-order valence-corrected chi connectivity index (χ1v) is 7.00. The van der Waals surface area contributed by atoms with Crippen LogP contribution in [-0.2, 0) is 14.3 Å². The molecule has 0 bridgehead atoms. The average Bonchev–Trinajstić information content (AvgIpc) is 2.37. The Balaban J connectivity index is 2.23. The predicted molar refractivity (Wildman–Crippen MR) is 75.5 cm³/mol. The number of azide groups is 1. The van der Waals surface area contributed by atoms with E-state index in [0.717, 1.165) is 0 Å². The number of esters is 1. The molecule has 0 aromatic carbocycles. The molecule has 0 atom stereocenters. The summed E-state index contributed by atoms with van der Waals surface area (Å²) in [5.41, 5.74) is 7.75. The van der Waals surface area contributed by atoms with Crippen LogP contribution in [0.2, 0.25) is 0 Å². The Morgan fingerprint density at radius 1 is 1.29 bits per heavy atom. The SMILES string of the molecule is CC(C)(C)OC(=O)NCC(=O)OC1CCC(N=[N+]=[N-])CC1. The largest absolute Gasteiger partial charge is 0.461 e. The van der Waals surface area contributed by atoms with E-state index in [-0.39, 0.29) is 18.7 Å². The van der Waals surface area contributed by atoms with Gasteiger partial charge in [0.15, 0.2) is 0 Å². The van der Waals surface area contributed by atoms with Crippen LogP contribution >= 0.6 is 0 Å². The van der Waals surface area contributed by atoms with Gasteiger partial charge in [0.1, 0.15) is 18.2 Å². The van der Waals surface area contributed by atoms with Crippen molar-refractivity contribution in [3.05, 3.63) is 10.4 Å². The summed E-state index contributed by atoms with van der Waals surface area (Å²) in [5.74, 6) is -0.493. The number of rotatable bonds is 4. The Kier molecular flexibility index (Phi) is 6.30. The lowest BCUT2D eigenvalue weighted by Gasteiger charge is -2.25. The van der Waals surface area contributed by atoms with Gasteiger partial charge < -0.3 is 14.8 Å². The molecule has 0 radical (unpaired) electrons. The third-order valence-corrected chi connectivity index (χ3v) is 2.93. The van der Waals surface area contributed by atoms with Crippen molar-refractivity contribution in [2.45, 2.75) is 64.2 Å². The van der Waals surface area contributed by atoms with Crippen LogP contribution in [0, 0.1) is 0 Å². The van der Waals surface area contributed by atoms with Gasteiger partial charge in [-0.25, -0.2) is 4.79 Å². The molecule has 1 N–H and O–H groups in total. The van der Waals surface area contributed by atoms with Crippen molar-refractivity contribution in [1.29, 1.82) is 0 Å². The molecule has 1 aliphatic rings. The summed E-state index contributed by atoms with van der Waals surface area (Å²) in [5, 5.41) is 6.01. The fourth-order valence-corrected chi connectivity index (χ4v) is 2.04. The number of nitrogens with one attached hydrogen (secondary N) is 1. The van der Waals surface area contributed by atoms with Crippen molar-refractivity contribution in [2.24, 2.45) is 5.11 Å². The molecule has 1 rings (SSSR count). The van der Waals surface area contributed by atoms with Gasteiger partial charge in [-0.2, -0.15) is 0 Å². The molecule has 1 aliphatic carbocycles. The summed E-state index contributed by atoms with van der Waals surface area (Å²) < 4.78 is 10.3. The second-order valence-corrected chi connectivity index (χ2v) is 5.98. The van der Waals surface area contributed by atoms with Gasteiger partial charge in [-0.05, 0) is 52.0 Å². The van der Waals surface area contributed by atoms with Crippen LogP contribution in [0.25, 0.3) is 10.4 Å². The molecule has 21 heavy (non-hydrogen) atoms. The minimum atomic E-state index is -0.647. The summed E-state index contributed by atoms with van der Waals surface area (Å²) in [7, 11) is 0. The van der Waals surface area contributed by atoms with E-state index in [4.69, 9.17) is 15.0 Å². The van der Waals surface area contributed by atoms with E-state index >= 15 is 0 Å². The van der Waals surface area contributed by atoms with E-state index in [9.17, 15) is 9.59 Å². The number of ether oxygens (including phenoxy) is 2. The summed E-state index contributed by atoms with van der Waals surface area (Å²) in [4.78, 5) is 25.8. The molecule has 0 saturated heterocycles. The highest BCUT2D eigenvalue weighted by atomic mass is 16.6. The van der Waals surface area contributed by atoms with Crippen LogP contribution in [-0.4, -0.2) is 36.4 Å². The van der Waals surface area contributed by atoms with E-state index in [1.54, 1.807) is 20.8 Å². The molecular weight excluding hydrogens is 276 g/mol. The lowest BCUT2D eigenvalue weighted by Crippen LogP contribution is -2.37. The standard InChI is InChI=1S/C13H22N4O4/c1-13(2,3)21-12(19)15-8-11(18)20-10-6-4-9(5-7-10)16-17-14/h9-10H,4-8H2,1-3H3,(H,15,19). The molecule has 1 amide bonds. The quantitative estimate of drug-likeness (QED) is 0.372. The van der Waals surface area contributed by atoms with Crippen LogP contribution in [0.4, 0.5) is 4.79 Å². The first-order valence-electron chi connectivity index (χ1n) is 7.00. The van der Waals surface area contributed by atoms with Crippen LogP contribution in [0.3, 0.4) is 0 Å². The Labute approximate surface area is 123 Å². The average molecular weight is 298 g/mol. The number of nitrogens with zero attached hydrogens (tertiary/aromatic N) is 3. The molecule has 0 aromatic heterocycles. The molecule has 1 saturated carbocycles. The zero-order valence-electron chi connectivity index (χ0n) is 12.7. The fraction of sp³-hybridized carbons (Fsp3) is 0.846. The first kappa shape index (κ1) is 17.1. The molecular formula is C13H22N4O4. The van der Waals surface area contributed by atoms with Crippen LogP contribution in [0.15, 0.2) is 5.11 Å². The third kappa shape index (κ3) is 7.41. The molecule has 0 aromatic rings. The minimum absolute atomic E-state index is 0.00941. The third-order valence-electron chi connectivity index (χ3n) is 2.93. The molecule has 0 spiro atoms. The van der Waals surface area contributed by atoms with Crippen LogP contribution in [0.5, 0.6) is 0 Å². The summed E-state index contributed by atoms with van der Waals surface area (Å²) in [6.45, 7) is 5.01. The smallest absolute Gasteiger partial charge is 0.408 e. The maximum atomic E-state index is 11.6. The van der Waals surface area contributed by atoms with Crippen molar-refractivity contribution in [3.63, 3.8) is 0 Å². The summed E-state index contributed by atoms with van der Waals surface area (Å²) in [6.07, 6.45) is 1.93. The van der Waals surface area contributed by atoms with Gasteiger partial charge in [-0.15, -0.1) is 0 Å². The molecule has 8 heteroatoms. The Morgan fingerprint density at radius 2 is 1.90 bits per heavy atom. The van der Waals surface area contributed by atoms with Gasteiger partial charge in [0, 0.05) is 11.0 Å². The van der Waals surface area contributed by atoms with E-state index < -0.39 is 17.7 Å². The highest BCUT2D eigenvalue weighted by Crippen LogP contribution is 2.23. The number of carbonyl (C=O) groups is 2. The van der Waals surface area contributed by atoms with Crippen molar-refractivity contribution in [2.75, 3.05) is 6.54 Å². The lowest BCUT2D eigenvalue weighted by atomic mass is 9.93. The highest BCUT2D eigenvalue weighted by molar-refractivity contribution is 5.78. The maximum Gasteiger partial charge on any atom is 0.408 e. The molecule has 0 aliphatic heterocycles. The van der Waals surface area contributed by atoms with Gasteiger partial charge in [0.25, 0.3) is 0 Å². The van der Waals surface area contributed by atoms with Crippen molar-refractivity contribution in [3.8, 4) is 0 Å². The van der Waals surface area contributed by atoms with Crippen molar-refractivity contribution >= 4 is 12.1 Å². The Bertz CT molecular complexity index is 418. The predicted octanol–water partition coefficient (Wildman–Crippen LogP) is 2.68. The molecule has 0 heterocycles. The Morgan fingerprint density at radius 3 is 2.43 bits per heavy atom. The second kappa shape index (κ2) is 7.73. The second-order valence-electron chi connectivity index (χ2n) is 5.98. The van der Waals surface area contributed by atoms with Gasteiger partial charge in [0.2, 0.25) is 0 Å². The number of amides is 1. The lowest BCUT2D eigenvalue weighted by molar-refractivity contribution is -0.149. The minimum Gasteiger partial charge on any atom is -0.461 e. The Hall–Kier alpha value is -1.95. The van der Waals surface area contributed by atoms with Gasteiger partial charge in [-0.1, -0.05) is 5.11 Å². The number of hydrogen-bond donors (Lipinski definition) is 1. The fourth-order valence-electron chi connectivity index (χ4n) is 2.04. The highest BCUT2D eigenvalue weighted by Gasteiger charge is 2.23. The number of carbonyl (C=O) groups excluding carboxylic acids is 2. The van der Waals surface area contributed by atoms with E-state index in [1.807, 2.05) is 0 Å². The van der Waals surface area contributed by atoms with E-state index in [2.05, 4.69) is 15.3 Å². The zero-order valence-corrected chi connectivity index (χ0v) is 12.7. The van der Waals surface area contributed by atoms with E-state index in [0.29, 0.717) is 25.7 Å². The van der Waals surface area contributed by atoms with Gasteiger partial charge in [-0.3, -0.25) is 4.79 Å². The monoisotopic (exact) mass is 298 g/mol. The molecule has 118 valence electrons. The van der Waals surface area contributed by atoms with Gasteiger partial charge in [0.05, 0.1) is 0 Å². The van der Waals surface area contributed by atoms with Crippen molar-refractivity contribution in [1.82, 2.24) is 5.32 Å². The first-order chi connectivity index (χ1) is 9.80. The molecule has 1 fully saturated rings. The topological polar surface area (TPSA) is 113 Å². The normalized spacial score (nSPS) is 21.9. The summed E-state index contributed by atoms with van der Waals surface area (Å²) >= 11 is 0. The summed E-state index contributed by atoms with van der Waals surface area (Å²) in [6, 6.07) is -0.00941. The molecule has 8 nitrogen and oxygen atoms in total. The van der Waals surface area contributed by atoms with Crippen LogP contribution < -0.4 is 5.32 Å². The van der Waals surface area contributed by atoms with Crippen LogP contribution in [0.1, 0.15) is 46.5 Å². The number of alkyl carbamates (subject to hydrolysis) is 1. The maximum absolute atomic E-state index is 11.6. The van der Waals surface area contributed by atoms with Gasteiger partial charge >= 0.3 is 12.1 Å².